The summed E-state index contributed by atoms with van der Waals surface area (Å²) in [6.07, 6.45) is 1.76. The van der Waals surface area contributed by atoms with Crippen molar-refractivity contribution in [1.82, 2.24) is 5.32 Å². The summed E-state index contributed by atoms with van der Waals surface area (Å²) < 4.78 is 0. The van der Waals surface area contributed by atoms with Gasteiger partial charge in [-0.3, -0.25) is 4.79 Å². The molecule has 0 aliphatic carbocycles. The standard InChI is InChI=1S/C14H22N2O.ClH/c1-3-11(4-2)14(17)16-10-13(15)12-8-6-5-7-9-12;/h5-9,11,13H,3-4,10,15H2,1-2H3,(H,16,17);1H. The first-order valence-corrected chi connectivity index (χ1v) is 6.27. The molecule has 0 aliphatic rings. The molecule has 3 N–H and O–H groups in total. The number of benzene rings is 1. The van der Waals surface area contributed by atoms with Gasteiger partial charge in [0, 0.05) is 18.5 Å². The molecule has 1 aromatic rings. The molecular formula is C14H23ClN2O. The molecule has 0 saturated carbocycles. The molecule has 1 unspecified atom stereocenters. The largest absolute Gasteiger partial charge is 0.354 e. The van der Waals surface area contributed by atoms with E-state index in [1.165, 1.54) is 0 Å². The maximum absolute atomic E-state index is 11.8. The van der Waals surface area contributed by atoms with Crippen LogP contribution in [-0.4, -0.2) is 12.5 Å². The maximum Gasteiger partial charge on any atom is 0.223 e. The van der Waals surface area contributed by atoms with Crippen molar-refractivity contribution in [1.29, 1.82) is 0 Å². The van der Waals surface area contributed by atoms with E-state index in [2.05, 4.69) is 5.32 Å². The molecule has 0 aromatic heterocycles. The average molecular weight is 271 g/mol. The van der Waals surface area contributed by atoms with Gasteiger partial charge in [-0.25, -0.2) is 0 Å². The molecule has 0 spiro atoms. The van der Waals surface area contributed by atoms with Crippen LogP contribution in [0.1, 0.15) is 38.3 Å². The Morgan fingerprint density at radius 2 is 1.78 bits per heavy atom. The van der Waals surface area contributed by atoms with Gasteiger partial charge in [0.1, 0.15) is 0 Å². The highest BCUT2D eigenvalue weighted by Crippen LogP contribution is 2.10. The fourth-order valence-corrected chi connectivity index (χ4v) is 1.83. The number of nitrogens with one attached hydrogen (secondary N) is 1. The molecule has 1 atom stereocenters. The van der Waals surface area contributed by atoms with Crippen LogP contribution in [0.15, 0.2) is 30.3 Å². The lowest BCUT2D eigenvalue weighted by Crippen LogP contribution is -2.35. The molecular weight excluding hydrogens is 248 g/mol. The van der Waals surface area contributed by atoms with Gasteiger partial charge in [-0.2, -0.15) is 0 Å². The summed E-state index contributed by atoms with van der Waals surface area (Å²) in [5.74, 6) is 0.222. The summed E-state index contributed by atoms with van der Waals surface area (Å²) in [4.78, 5) is 11.8. The van der Waals surface area contributed by atoms with Gasteiger partial charge >= 0.3 is 0 Å². The summed E-state index contributed by atoms with van der Waals surface area (Å²) in [6, 6.07) is 9.70. The van der Waals surface area contributed by atoms with Crippen molar-refractivity contribution in [2.24, 2.45) is 11.7 Å². The first-order chi connectivity index (χ1) is 8.19. The number of nitrogens with two attached hydrogens (primary N) is 1. The Morgan fingerprint density at radius 3 is 2.28 bits per heavy atom. The van der Waals surface area contributed by atoms with Crippen molar-refractivity contribution in [3.8, 4) is 0 Å². The Bertz CT molecular complexity index is 339. The lowest BCUT2D eigenvalue weighted by molar-refractivity contribution is -0.125. The van der Waals surface area contributed by atoms with Crippen molar-refractivity contribution in [3.63, 3.8) is 0 Å². The predicted molar refractivity (Wildman–Crippen MR) is 77.7 cm³/mol. The molecule has 0 bridgehead atoms. The Balaban J connectivity index is 0.00000289. The lowest BCUT2D eigenvalue weighted by atomic mass is 10.0. The second-order valence-electron chi connectivity index (χ2n) is 4.28. The lowest BCUT2D eigenvalue weighted by Gasteiger charge is -2.16. The Labute approximate surface area is 116 Å². The minimum atomic E-state index is -0.130. The van der Waals surface area contributed by atoms with Gasteiger partial charge in [0.15, 0.2) is 0 Å². The first-order valence-electron chi connectivity index (χ1n) is 6.27. The molecule has 0 heterocycles. The Morgan fingerprint density at radius 1 is 1.22 bits per heavy atom. The second kappa shape index (κ2) is 8.95. The van der Waals surface area contributed by atoms with Gasteiger partial charge in [-0.15, -0.1) is 12.4 Å². The average Bonchev–Trinajstić information content (AvgIpc) is 2.38. The quantitative estimate of drug-likeness (QED) is 0.835. The molecule has 0 aliphatic heterocycles. The fourth-order valence-electron chi connectivity index (χ4n) is 1.83. The highest BCUT2D eigenvalue weighted by atomic mass is 35.5. The fraction of sp³-hybridized carbons (Fsp3) is 0.500. The minimum Gasteiger partial charge on any atom is -0.354 e. The Hall–Kier alpha value is -1.06. The van der Waals surface area contributed by atoms with Crippen LogP contribution in [0.2, 0.25) is 0 Å². The molecule has 0 fully saturated rings. The Kier molecular flexibility index (Phi) is 8.42. The number of amides is 1. The zero-order valence-electron chi connectivity index (χ0n) is 11.1. The number of hydrogen-bond acceptors (Lipinski definition) is 2. The van der Waals surface area contributed by atoms with Gasteiger partial charge in [-0.1, -0.05) is 44.2 Å². The van der Waals surface area contributed by atoms with Crippen LogP contribution >= 0.6 is 12.4 Å². The van der Waals surface area contributed by atoms with Gasteiger partial charge in [0.05, 0.1) is 0 Å². The van der Waals surface area contributed by atoms with Crippen LogP contribution in [0.4, 0.5) is 0 Å². The minimum absolute atomic E-state index is 0. The monoisotopic (exact) mass is 270 g/mol. The summed E-state index contributed by atoms with van der Waals surface area (Å²) in [7, 11) is 0. The van der Waals surface area contributed by atoms with E-state index in [9.17, 15) is 4.79 Å². The molecule has 1 rings (SSSR count). The molecule has 3 nitrogen and oxygen atoms in total. The smallest absolute Gasteiger partial charge is 0.223 e. The number of hydrogen-bond donors (Lipinski definition) is 2. The highest BCUT2D eigenvalue weighted by molar-refractivity contribution is 5.85. The van der Waals surface area contributed by atoms with Crippen LogP contribution in [0.3, 0.4) is 0 Å². The molecule has 4 heteroatoms. The van der Waals surface area contributed by atoms with Crippen LogP contribution in [0, 0.1) is 5.92 Å². The first kappa shape index (κ1) is 16.9. The summed E-state index contributed by atoms with van der Waals surface area (Å²) in [5.41, 5.74) is 7.06. The van der Waals surface area contributed by atoms with Gasteiger partial charge < -0.3 is 11.1 Å². The van der Waals surface area contributed by atoms with Crippen molar-refractivity contribution < 1.29 is 4.79 Å². The molecule has 0 saturated heterocycles. The van der Waals surface area contributed by atoms with E-state index in [0.29, 0.717) is 6.54 Å². The summed E-state index contributed by atoms with van der Waals surface area (Å²) >= 11 is 0. The van der Waals surface area contributed by atoms with E-state index in [1.54, 1.807) is 0 Å². The summed E-state index contributed by atoms with van der Waals surface area (Å²) in [6.45, 7) is 4.56. The van der Waals surface area contributed by atoms with E-state index in [-0.39, 0.29) is 30.3 Å². The maximum atomic E-state index is 11.8. The zero-order chi connectivity index (χ0) is 12.7. The normalized spacial score (nSPS) is 11.8. The van der Waals surface area contributed by atoms with E-state index >= 15 is 0 Å². The molecule has 1 amide bonds. The van der Waals surface area contributed by atoms with E-state index < -0.39 is 0 Å². The second-order valence-corrected chi connectivity index (χ2v) is 4.28. The predicted octanol–water partition coefficient (Wildman–Crippen LogP) is 2.66. The van der Waals surface area contributed by atoms with Gasteiger partial charge in [0.25, 0.3) is 0 Å². The van der Waals surface area contributed by atoms with Crippen LogP contribution in [0.5, 0.6) is 0 Å². The third-order valence-electron chi connectivity index (χ3n) is 3.08. The van der Waals surface area contributed by atoms with Crippen LogP contribution in [-0.2, 0) is 4.79 Å². The third-order valence-corrected chi connectivity index (χ3v) is 3.08. The number of carbonyl (C=O) groups excluding carboxylic acids is 1. The van der Waals surface area contributed by atoms with Gasteiger partial charge in [0.2, 0.25) is 5.91 Å². The van der Waals surface area contributed by atoms with E-state index in [1.807, 2.05) is 44.2 Å². The highest BCUT2D eigenvalue weighted by Gasteiger charge is 2.14. The van der Waals surface area contributed by atoms with E-state index in [4.69, 9.17) is 5.73 Å². The number of halogens is 1. The van der Waals surface area contributed by atoms with Crippen LogP contribution < -0.4 is 11.1 Å². The topological polar surface area (TPSA) is 55.1 Å². The van der Waals surface area contributed by atoms with Gasteiger partial charge in [-0.05, 0) is 18.4 Å². The molecule has 0 radical (unpaired) electrons. The molecule has 102 valence electrons. The van der Waals surface area contributed by atoms with Crippen molar-refractivity contribution in [2.45, 2.75) is 32.7 Å². The van der Waals surface area contributed by atoms with Crippen LogP contribution in [0.25, 0.3) is 0 Å². The summed E-state index contributed by atoms with van der Waals surface area (Å²) in [5, 5.41) is 2.92. The number of carbonyl (C=O) groups is 1. The molecule has 1 aromatic carbocycles. The van der Waals surface area contributed by atoms with Crippen molar-refractivity contribution >= 4 is 18.3 Å². The number of rotatable bonds is 6. The third kappa shape index (κ3) is 5.07. The molecule has 18 heavy (non-hydrogen) atoms. The van der Waals surface area contributed by atoms with Crippen molar-refractivity contribution in [2.75, 3.05) is 6.54 Å². The van der Waals surface area contributed by atoms with Crippen molar-refractivity contribution in [3.05, 3.63) is 35.9 Å². The SMILES string of the molecule is CCC(CC)C(=O)NCC(N)c1ccccc1.Cl. The zero-order valence-corrected chi connectivity index (χ0v) is 11.9. The van der Waals surface area contributed by atoms with E-state index in [0.717, 1.165) is 18.4 Å².